The lowest BCUT2D eigenvalue weighted by molar-refractivity contribution is 0.0942. The number of pyridine rings is 2. The second-order valence-corrected chi connectivity index (χ2v) is 4.96. The quantitative estimate of drug-likeness (QED) is 0.803. The predicted octanol–water partition coefficient (Wildman–Crippen LogP) is 2.41. The second kappa shape index (κ2) is 6.22. The molecule has 5 nitrogen and oxygen atoms in total. The molecule has 3 aromatic rings. The first-order valence-corrected chi connectivity index (χ1v) is 6.99. The first kappa shape index (κ1) is 14.0. The zero-order chi connectivity index (χ0) is 15.4. The summed E-state index contributed by atoms with van der Waals surface area (Å²) in [5.74, 6) is -0.117. The van der Waals surface area contributed by atoms with E-state index in [1.54, 1.807) is 18.6 Å². The number of aryl methyl sites for hydroxylation is 1. The highest BCUT2D eigenvalue weighted by Gasteiger charge is 2.12. The molecule has 0 spiro atoms. The van der Waals surface area contributed by atoms with Gasteiger partial charge in [-0.25, -0.2) is 0 Å². The molecule has 0 saturated carbocycles. The average Bonchev–Trinajstić information content (AvgIpc) is 2.96. The molecule has 5 heteroatoms. The van der Waals surface area contributed by atoms with Crippen molar-refractivity contribution in [3.8, 4) is 11.1 Å². The van der Waals surface area contributed by atoms with Gasteiger partial charge in [0.15, 0.2) is 0 Å². The number of nitrogens with zero attached hydrogens (tertiary/aromatic N) is 3. The van der Waals surface area contributed by atoms with Gasteiger partial charge in [0.25, 0.3) is 5.91 Å². The van der Waals surface area contributed by atoms with Crippen LogP contribution in [0.5, 0.6) is 0 Å². The van der Waals surface area contributed by atoms with Gasteiger partial charge in [-0.15, -0.1) is 0 Å². The Morgan fingerprint density at radius 1 is 1.14 bits per heavy atom. The van der Waals surface area contributed by atoms with E-state index >= 15 is 0 Å². The van der Waals surface area contributed by atoms with Crippen LogP contribution in [0.4, 0.5) is 0 Å². The minimum absolute atomic E-state index is 0.117. The lowest BCUT2D eigenvalue weighted by atomic mass is 10.1. The van der Waals surface area contributed by atoms with E-state index in [0.717, 1.165) is 16.8 Å². The number of hydrogen-bond donors (Lipinski definition) is 1. The number of rotatable bonds is 4. The van der Waals surface area contributed by atoms with Crippen LogP contribution in [0, 0.1) is 0 Å². The minimum Gasteiger partial charge on any atom is -0.346 e. The lowest BCUT2D eigenvalue weighted by Crippen LogP contribution is -2.25. The molecule has 0 fully saturated rings. The molecule has 3 heterocycles. The van der Waals surface area contributed by atoms with Crippen LogP contribution < -0.4 is 5.32 Å². The van der Waals surface area contributed by atoms with Gasteiger partial charge >= 0.3 is 0 Å². The fourth-order valence-corrected chi connectivity index (χ4v) is 2.26. The highest BCUT2D eigenvalue weighted by molar-refractivity contribution is 5.94. The molecular formula is C17H16N4O. The Bertz CT molecular complexity index is 766. The first-order valence-electron chi connectivity index (χ1n) is 6.99. The molecule has 0 aliphatic rings. The summed E-state index contributed by atoms with van der Waals surface area (Å²) in [5, 5.41) is 2.89. The van der Waals surface area contributed by atoms with E-state index in [0.29, 0.717) is 12.2 Å². The molecule has 0 atom stereocenters. The van der Waals surface area contributed by atoms with Crippen molar-refractivity contribution in [2.24, 2.45) is 7.05 Å². The van der Waals surface area contributed by atoms with Crippen LogP contribution in [0.3, 0.4) is 0 Å². The van der Waals surface area contributed by atoms with Crippen LogP contribution in [0.2, 0.25) is 0 Å². The second-order valence-electron chi connectivity index (χ2n) is 4.96. The molecule has 0 unspecified atom stereocenters. The molecule has 0 bridgehead atoms. The van der Waals surface area contributed by atoms with Crippen LogP contribution in [-0.4, -0.2) is 20.4 Å². The van der Waals surface area contributed by atoms with Gasteiger partial charge in [-0.3, -0.25) is 14.8 Å². The van der Waals surface area contributed by atoms with E-state index in [2.05, 4.69) is 15.3 Å². The van der Waals surface area contributed by atoms with E-state index in [1.807, 2.05) is 54.2 Å². The van der Waals surface area contributed by atoms with Crippen molar-refractivity contribution >= 4 is 5.91 Å². The summed E-state index contributed by atoms with van der Waals surface area (Å²) < 4.78 is 1.82. The Morgan fingerprint density at radius 3 is 2.68 bits per heavy atom. The van der Waals surface area contributed by atoms with Gasteiger partial charge in [0.2, 0.25) is 0 Å². The third-order valence-electron chi connectivity index (χ3n) is 3.41. The summed E-state index contributed by atoms with van der Waals surface area (Å²) in [7, 11) is 1.86. The van der Waals surface area contributed by atoms with Crippen molar-refractivity contribution in [3.05, 3.63) is 72.6 Å². The summed E-state index contributed by atoms with van der Waals surface area (Å²) in [5.41, 5.74) is 3.48. The van der Waals surface area contributed by atoms with Crippen molar-refractivity contribution in [3.63, 3.8) is 0 Å². The number of hydrogen-bond acceptors (Lipinski definition) is 3. The van der Waals surface area contributed by atoms with Crippen LogP contribution in [-0.2, 0) is 13.6 Å². The Hall–Kier alpha value is -2.95. The van der Waals surface area contributed by atoms with Crippen LogP contribution in [0.1, 0.15) is 16.2 Å². The fraction of sp³-hybridized carbons (Fsp3) is 0.118. The van der Waals surface area contributed by atoms with Crippen LogP contribution >= 0.6 is 0 Å². The molecule has 0 radical (unpaired) electrons. The molecule has 0 saturated heterocycles. The topological polar surface area (TPSA) is 59.8 Å². The maximum Gasteiger partial charge on any atom is 0.268 e. The third kappa shape index (κ3) is 3.03. The number of carbonyl (C=O) groups excluding carboxylic acids is 1. The normalized spacial score (nSPS) is 10.4. The number of nitrogens with one attached hydrogen (secondary N) is 1. The smallest absolute Gasteiger partial charge is 0.268 e. The zero-order valence-electron chi connectivity index (χ0n) is 12.2. The fourth-order valence-electron chi connectivity index (χ4n) is 2.26. The van der Waals surface area contributed by atoms with Gasteiger partial charge < -0.3 is 9.88 Å². The van der Waals surface area contributed by atoms with E-state index in [4.69, 9.17) is 0 Å². The van der Waals surface area contributed by atoms with Crippen molar-refractivity contribution in [1.82, 2.24) is 19.9 Å². The van der Waals surface area contributed by atoms with Gasteiger partial charge in [0.1, 0.15) is 5.69 Å². The molecule has 0 aromatic carbocycles. The molecule has 22 heavy (non-hydrogen) atoms. The van der Waals surface area contributed by atoms with Crippen LogP contribution in [0.25, 0.3) is 11.1 Å². The van der Waals surface area contributed by atoms with Gasteiger partial charge in [-0.05, 0) is 35.9 Å². The summed E-state index contributed by atoms with van der Waals surface area (Å²) in [6.45, 7) is 0.412. The van der Waals surface area contributed by atoms with Crippen molar-refractivity contribution in [2.75, 3.05) is 0 Å². The van der Waals surface area contributed by atoms with E-state index in [1.165, 1.54) is 0 Å². The van der Waals surface area contributed by atoms with Gasteiger partial charge in [-0.2, -0.15) is 0 Å². The summed E-state index contributed by atoms with van der Waals surface area (Å²) >= 11 is 0. The largest absolute Gasteiger partial charge is 0.346 e. The standard InChI is InChI=1S/C17H16N4O/c1-21-12-14(13-5-8-18-9-6-13)10-16(21)17(22)20-11-15-4-2-3-7-19-15/h2-10,12H,11H2,1H3,(H,20,22). The van der Waals surface area contributed by atoms with Gasteiger partial charge in [-0.1, -0.05) is 6.07 Å². The number of amides is 1. The first-order chi connectivity index (χ1) is 10.7. The number of aromatic nitrogens is 3. The highest BCUT2D eigenvalue weighted by atomic mass is 16.1. The Labute approximate surface area is 128 Å². The van der Waals surface area contributed by atoms with Crippen molar-refractivity contribution in [2.45, 2.75) is 6.54 Å². The van der Waals surface area contributed by atoms with Crippen molar-refractivity contribution in [1.29, 1.82) is 0 Å². The lowest BCUT2D eigenvalue weighted by Gasteiger charge is -2.05. The minimum atomic E-state index is -0.117. The molecular weight excluding hydrogens is 276 g/mol. The molecule has 110 valence electrons. The average molecular weight is 292 g/mol. The molecule has 1 N–H and O–H groups in total. The molecule has 3 rings (SSSR count). The summed E-state index contributed by atoms with van der Waals surface area (Å²) in [6, 6.07) is 11.4. The SMILES string of the molecule is Cn1cc(-c2ccncc2)cc1C(=O)NCc1ccccn1. The summed E-state index contributed by atoms with van der Waals surface area (Å²) in [6.07, 6.45) is 7.13. The molecule has 0 aliphatic carbocycles. The van der Waals surface area contributed by atoms with E-state index in [9.17, 15) is 4.79 Å². The Kier molecular flexibility index (Phi) is 3.96. The monoisotopic (exact) mass is 292 g/mol. The third-order valence-corrected chi connectivity index (χ3v) is 3.41. The molecule has 0 aliphatic heterocycles. The maximum atomic E-state index is 12.3. The Morgan fingerprint density at radius 2 is 1.95 bits per heavy atom. The maximum absolute atomic E-state index is 12.3. The van der Waals surface area contributed by atoms with Crippen LogP contribution in [0.15, 0.2) is 61.2 Å². The Balaban J connectivity index is 1.74. The zero-order valence-corrected chi connectivity index (χ0v) is 12.2. The van der Waals surface area contributed by atoms with E-state index < -0.39 is 0 Å². The molecule has 3 aromatic heterocycles. The van der Waals surface area contributed by atoms with E-state index in [-0.39, 0.29) is 5.91 Å². The van der Waals surface area contributed by atoms with Gasteiger partial charge in [0, 0.05) is 37.4 Å². The number of carbonyl (C=O) groups is 1. The highest BCUT2D eigenvalue weighted by Crippen LogP contribution is 2.20. The molecule has 1 amide bonds. The van der Waals surface area contributed by atoms with Crippen molar-refractivity contribution < 1.29 is 4.79 Å². The summed E-state index contributed by atoms with van der Waals surface area (Å²) in [4.78, 5) is 20.5. The predicted molar refractivity (Wildman–Crippen MR) is 84.1 cm³/mol. The van der Waals surface area contributed by atoms with Gasteiger partial charge in [0.05, 0.1) is 12.2 Å².